The largest absolute Gasteiger partial charge is 0.488 e. The van der Waals surface area contributed by atoms with Crippen LogP contribution >= 0.6 is 34.7 Å². The first-order valence-electron chi connectivity index (χ1n) is 11.8. The summed E-state index contributed by atoms with van der Waals surface area (Å²) in [5.74, 6) is 0.716. The minimum atomic E-state index is 0.00911. The number of amidine groups is 1. The van der Waals surface area contributed by atoms with Crippen molar-refractivity contribution < 1.29 is 9.53 Å². The molecule has 1 amide bonds. The van der Waals surface area contributed by atoms with Gasteiger partial charge in [-0.05, 0) is 49.7 Å². The number of hydrogen-bond acceptors (Lipinski definition) is 6. The number of aryl methyl sites for hydroxylation is 1. The topological polar surface area (TPSA) is 54.8 Å². The second-order valence-corrected chi connectivity index (χ2v) is 10.9. The van der Waals surface area contributed by atoms with Crippen LogP contribution in [0.5, 0.6) is 5.75 Å². The number of thioether (sulfide) groups is 1. The van der Waals surface area contributed by atoms with Crippen LogP contribution in [0.3, 0.4) is 0 Å². The summed E-state index contributed by atoms with van der Waals surface area (Å²) in [5.41, 5.74) is 2.71. The Kier molecular flexibility index (Phi) is 7.56. The fourth-order valence-electron chi connectivity index (χ4n) is 4.34. The number of carbonyl (C=O) groups is 1. The van der Waals surface area contributed by atoms with Crippen molar-refractivity contribution in [2.45, 2.75) is 51.7 Å². The second kappa shape index (κ2) is 11.0. The minimum absolute atomic E-state index is 0.00911. The van der Waals surface area contributed by atoms with E-state index in [1.54, 1.807) is 0 Å². The van der Waals surface area contributed by atoms with Gasteiger partial charge in [-0.3, -0.25) is 9.69 Å². The minimum Gasteiger partial charge on any atom is -0.488 e. The van der Waals surface area contributed by atoms with E-state index in [0.717, 1.165) is 47.7 Å². The van der Waals surface area contributed by atoms with E-state index in [1.165, 1.54) is 29.5 Å². The summed E-state index contributed by atoms with van der Waals surface area (Å²) in [7, 11) is 0. The van der Waals surface area contributed by atoms with E-state index in [-0.39, 0.29) is 11.9 Å². The number of thiazole rings is 1. The van der Waals surface area contributed by atoms with E-state index in [1.807, 2.05) is 71.8 Å². The molecule has 35 heavy (non-hydrogen) atoms. The van der Waals surface area contributed by atoms with Gasteiger partial charge in [-0.25, -0.2) is 4.98 Å². The third-order valence-corrected chi connectivity index (χ3v) is 8.33. The van der Waals surface area contributed by atoms with E-state index in [9.17, 15) is 4.79 Å². The zero-order valence-electron chi connectivity index (χ0n) is 19.4. The summed E-state index contributed by atoms with van der Waals surface area (Å²) in [6.07, 6.45) is 7.43. The number of amides is 1. The third-order valence-electron chi connectivity index (χ3n) is 6.12. The molecule has 0 atom stereocenters. The summed E-state index contributed by atoms with van der Waals surface area (Å²) in [5, 5.41) is 4.06. The van der Waals surface area contributed by atoms with Crippen LogP contribution in [-0.2, 0) is 11.4 Å². The Bertz CT molecular complexity index is 1280. The lowest BCUT2D eigenvalue weighted by Crippen LogP contribution is -2.40. The van der Waals surface area contributed by atoms with Gasteiger partial charge in [0.2, 0.25) is 5.13 Å². The van der Waals surface area contributed by atoms with Crippen molar-refractivity contribution >= 4 is 57.0 Å². The van der Waals surface area contributed by atoms with Gasteiger partial charge in [-0.2, -0.15) is 4.99 Å². The van der Waals surface area contributed by atoms with Crippen LogP contribution in [0.1, 0.15) is 48.9 Å². The molecule has 180 valence electrons. The SMILES string of the molecule is Cc1csc(/N=C2/S/C(=C\c3ccccc3OCc3ccccc3Cl)C(=O)N2C2CCCCC2)n1. The van der Waals surface area contributed by atoms with Crippen molar-refractivity contribution in [1.29, 1.82) is 0 Å². The third kappa shape index (κ3) is 5.63. The lowest BCUT2D eigenvalue weighted by Gasteiger charge is -2.30. The molecule has 0 radical (unpaired) electrons. The molecular weight excluding hydrogens is 498 g/mol. The Hall–Kier alpha value is -2.61. The van der Waals surface area contributed by atoms with Gasteiger partial charge >= 0.3 is 0 Å². The zero-order chi connectivity index (χ0) is 24.2. The number of benzene rings is 2. The van der Waals surface area contributed by atoms with Gasteiger partial charge in [0, 0.05) is 27.6 Å². The quantitative estimate of drug-likeness (QED) is 0.312. The van der Waals surface area contributed by atoms with Crippen molar-refractivity contribution in [3.05, 3.63) is 80.7 Å². The lowest BCUT2D eigenvalue weighted by atomic mass is 9.94. The zero-order valence-corrected chi connectivity index (χ0v) is 21.8. The molecule has 5 nitrogen and oxygen atoms in total. The maximum absolute atomic E-state index is 13.6. The Balaban J connectivity index is 1.44. The molecule has 1 saturated heterocycles. The van der Waals surface area contributed by atoms with Gasteiger partial charge in [0.15, 0.2) is 5.17 Å². The number of carbonyl (C=O) groups excluding carboxylic acids is 1. The number of ether oxygens (including phenoxy) is 1. The first-order valence-corrected chi connectivity index (χ1v) is 13.8. The van der Waals surface area contributed by atoms with Gasteiger partial charge in [-0.1, -0.05) is 67.3 Å². The van der Waals surface area contributed by atoms with E-state index in [4.69, 9.17) is 21.3 Å². The van der Waals surface area contributed by atoms with Gasteiger partial charge in [0.05, 0.1) is 10.6 Å². The smallest absolute Gasteiger partial charge is 0.267 e. The summed E-state index contributed by atoms with van der Waals surface area (Å²) < 4.78 is 6.12. The van der Waals surface area contributed by atoms with E-state index in [0.29, 0.717) is 27.4 Å². The van der Waals surface area contributed by atoms with Gasteiger partial charge in [0.1, 0.15) is 12.4 Å². The number of aliphatic imine (C=N–C) groups is 1. The Morgan fingerprint density at radius 3 is 2.69 bits per heavy atom. The van der Waals surface area contributed by atoms with E-state index < -0.39 is 0 Å². The van der Waals surface area contributed by atoms with Crippen LogP contribution in [0, 0.1) is 6.92 Å². The highest BCUT2D eigenvalue weighted by atomic mass is 35.5. The van der Waals surface area contributed by atoms with Crippen LogP contribution in [-0.4, -0.2) is 27.0 Å². The predicted octanol–water partition coefficient (Wildman–Crippen LogP) is 7.62. The van der Waals surface area contributed by atoms with Crippen molar-refractivity contribution in [3.8, 4) is 5.75 Å². The number of hydrogen-bond donors (Lipinski definition) is 0. The molecule has 2 aromatic carbocycles. The highest BCUT2D eigenvalue weighted by molar-refractivity contribution is 8.18. The Labute approximate surface area is 218 Å². The Morgan fingerprint density at radius 1 is 1.14 bits per heavy atom. The fourth-order valence-corrected chi connectivity index (χ4v) is 6.29. The van der Waals surface area contributed by atoms with E-state index in [2.05, 4.69) is 4.98 Å². The molecule has 1 aliphatic heterocycles. The van der Waals surface area contributed by atoms with Crippen molar-refractivity contribution in [3.63, 3.8) is 0 Å². The van der Waals surface area contributed by atoms with Gasteiger partial charge in [0.25, 0.3) is 5.91 Å². The predicted molar refractivity (Wildman–Crippen MR) is 145 cm³/mol. The molecule has 0 bridgehead atoms. The lowest BCUT2D eigenvalue weighted by molar-refractivity contribution is -0.124. The Morgan fingerprint density at radius 2 is 1.91 bits per heavy atom. The molecule has 3 aromatic rings. The average molecular weight is 524 g/mol. The molecule has 2 aliphatic rings. The van der Waals surface area contributed by atoms with Crippen molar-refractivity contribution in [1.82, 2.24) is 9.88 Å². The first kappa shape index (κ1) is 24.1. The summed E-state index contributed by atoms with van der Waals surface area (Å²) in [6, 6.07) is 15.6. The highest BCUT2D eigenvalue weighted by Gasteiger charge is 2.39. The number of para-hydroxylation sites is 1. The van der Waals surface area contributed by atoms with Crippen LogP contribution < -0.4 is 4.74 Å². The molecule has 0 N–H and O–H groups in total. The van der Waals surface area contributed by atoms with Crippen LogP contribution in [0.2, 0.25) is 5.02 Å². The number of nitrogens with zero attached hydrogens (tertiary/aromatic N) is 3. The molecule has 1 aromatic heterocycles. The van der Waals surface area contributed by atoms with Gasteiger partial charge < -0.3 is 4.74 Å². The molecule has 1 saturated carbocycles. The molecular formula is C27H26ClN3O2S2. The number of aromatic nitrogens is 1. The van der Waals surface area contributed by atoms with Crippen molar-refractivity contribution in [2.75, 3.05) is 0 Å². The molecule has 5 rings (SSSR count). The molecule has 1 aliphatic carbocycles. The summed E-state index contributed by atoms with van der Waals surface area (Å²) in [4.78, 5) is 25.5. The fraction of sp³-hybridized carbons (Fsp3) is 0.296. The monoisotopic (exact) mass is 523 g/mol. The van der Waals surface area contributed by atoms with Crippen LogP contribution in [0.15, 0.2) is 63.8 Å². The maximum Gasteiger partial charge on any atom is 0.267 e. The molecule has 2 fully saturated rings. The van der Waals surface area contributed by atoms with Crippen LogP contribution in [0.25, 0.3) is 6.08 Å². The van der Waals surface area contributed by atoms with Crippen molar-refractivity contribution in [2.24, 2.45) is 4.99 Å². The van der Waals surface area contributed by atoms with Crippen LogP contribution in [0.4, 0.5) is 5.13 Å². The maximum atomic E-state index is 13.6. The standard InChI is InChI=1S/C27H26ClN3O2S2/c1-18-17-34-26(29-18)30-27-31(21-11-3-2-4-12-21)25(32)24(35-27)15-19-9-6-8-14-23(19)33-16-20-10-5-7-13-22(20)28/h5-10,13-15,17,21H,2-4,11-12,16H2,1H3/b24-15-,30-27+. The summed E-state index contributed by atoms with van der Waals surface area (Å²) in [6.45, 7) is 2.31. The molecule has 8 heteroatoms. The first-order chi connectivity index (χ1) is 17.1. The highest BCUT2D eigenvalue weighted by Crippen LogP contribution is 2.39. The van der Waals surface area contributed by atoms with E-state index >= 15 is 0 Å². The van der Waals surface area contributed by atoms with Gasteiger partial charge in [-0.15, -0.1) is 11.3 Å². The number of rotatable bonds is 6. The number of halogens is 1. The second-order valence-electron chi connectivity index (χ2n) is 8.66. The molecule has 0 spiro atoms. The summed E-state index contributed by atoms with van der Waals surface area (Å²) >= 11 is 9.22. The normalized spacial score (nSPS) is 19.1. The molecule has 2 heterocycles. The average Bonchev–Trinajstić information content (AvgIpc) is 3.42. The molecule has 0 unspecified atom stereocenters.